The van der Waals surface area contributed by atoms with Gasteiger partial charge in [0.2, 0.25) is 0 Å². The van der Waals surface area contributed by atoms with E-state index < -0.39 is 14.2 Å². The first-order chi connectivity index (χ1) is 23.7. The fourth-order valence-corrected chi connectivity index (χ4v) is 60.5. The van der Waals surface area contributed by atoms with E-state index in [1.807, 2.05) is 0 Å². The van der Waals surface area contributed by atoms with Gasteiger partial charge in [0.05, 0.1) is 0 Å². The second kappa shape index (κ2) is 12.8. The van der Waals surface area contributed by atoms with Crippen molar-refractivity contribution in [2.45, 2.75) is 117 Å². The zero-order valence-electron chi connectivity index (χ0n) is 32.6. The Balaban J connectivity index is 1.57. The van der Waals surface area contributed by atoms with E-state index in [0.717, 1.165) is 0 Å². The summed E-state index contributed by atoms with van der Waals surface area (Å²) in [4.78, 5) is 0. The Morgan fingerprint density at radius 1 is 0.540 bits per heavy atom. The molecule has 2 aliphatic rings. The van der Waals surface area contributed by atoms with Crippen LogP contribution in [0.2, 0.25) is 17.7 Å². The molecule has 264 valence electrons. The Labute approximate surface area is 301 Å². The monoisotopic (exact) mass is 848 g/mol. The first kappa shape index (κ1) is 37.2. The predicted octanol–water partition coefficient (Wildman–Crippen LogP) is 14.7. The molecule has 0 aromatic heterocycles. The average Bonchev–Trinajstić information content (AvgIpc) is 3.76. The van der Waals surface area contributed by atoms with E-state index in [0.29, 0.717) is 19.2 Å². The number of benzene rings is 4. The fourth-order valence-electron chi connectivity index (χ4n) is 10.9. The molecule has 0 nitrogen and oxygen atoms in total. The average molecular weight is 848 g/mol. The van der Waals surface area contributed by atoms with Crippen LogP contribution in [0.25, 0.3) is 34.4 Å². The first-order valence-corrected chi connectivity index (χ1v) is 44.8. The van der Waals surface area contributed by atoms with Crippen LogP contribution in [0.15, 0.2) is 97.1 Å². The summed E-state index contributed by atoms with van der Waals surface area (Å²) in [5.74, 6) is 1.08. The van der Waals surface area contributed by atoms with Crippen LogP contribution in [-0.4, -0.2) is 6.94 Å². The Kier molecular flexibility index (Phi) is 9.55. The van der Waals surface area contributed by atoms with Crippen LogP contribution in [0.4, 0.5) is 0 Å². The van der Waals surface area contributed by atoms with Crippen LogP contribution < -0.4 is 0 Å². The second-order valence-corrected chi connectivity index (χ2v) is 96.7. The van der Waals surface area contributed by atoms with E-state index in [2.05, 4.69) is 167 Å². The van der Waals surface area contributed by atoms with Crippen LogP contribution in [0, 0.1) is 0 Å². The molecule has 0 radical (unpaired) electrons. The SMILES string of the molecule is CCCC[CH2][Hf]([CH3])([CH3])(=[SiH2])([CH2]CCCC)([CH]1C=Cc2c(-c3ccc(C(C)C)cc3)cccc21)[CH]1C=Cc2c(-c3ccc(C(C)C)cc3)cccc21. The zero-order chi connectivity index (χ0) is 35.8. The van der Waals surface area contributed by atoms with E-state index in [-0.39, 0.29) is 0 Å². The van der Waals surface area contributed by atoms with Crippen molar-refractivity contribution in [2.75, 3.05) is 0 Å². The van der Waals surface area contributed by atoms with Crippen molar-refractivity contribution in [3.63, 3.8) is 0 Å². The zero-order valence-corrected chi connectivity index (χ0v) is 37.6. The number of hydrogen-bond acceptors (Lipinski definition) is 0. The summed E-state index contributed by atoms with van der Waals surface area (Å²) < 4.78 is 9.57. The van der Waals surface area contributed by atoms with Crippen LogP contribution in [0.5, 0.6) is 0 Å². The molecule has 0 spiro atoms. The van der Waals surface area contributed by atoms with Crippen LogP contribution in [0.1, 0.15) is 133 Å². The van der Waals surface area contributed by atoms with Crippen molar-refractivity contribution in [3.05, 3.63) is 130 Å². The third-order valence-electron chi connectivity index (χ3n) is 14.4. The molecule has 2 aliphatic carbocycles. The molecular formula is C48H64HfSi. The van der Waals surface area contributed by atoms with Crippen LogP contribution in [-0.2, 0) is 14.2 Å². The van der Waals surface area contributed by atoms with Gasteiger partial charge in [-0.1, -0.05) is 0 Å². The predicted molar refractivity (Wildman–Crippen MR) is 224 cm³/mol. The summed E-state index contributed by atoms with van der Waals surface area (Å²) in [5, 5.41) is 0. The van der Waals surface area contributed by atoms with Gasteiger partial charge in [0.25, 0.3) is 0 Å². The summed E-state index contributed by atoms with van der Waals surface area (Å²) in [6.07, 6.45) is 18.3. The molecule has 0 heterocycles. The van der Waals surface area contributed by atoms with Gasteiger partial charge in [-0.15, -0.1) is 0 Å². The van der Waals surface area contributed by atoms with E-state index in [9.17, 15) is 0 Å². The van der Waals surface area contributed by atoms with Crippen molar-refractivity contribution in [1.29, 1.82) is 0 Å². The van der Waals surface area contributed by atoms with Gasteiger partial charge in [-0.25, -0.2) is 0 Å². The summed E-state index contributed by atoms with van der Waals surface area (Å²) in [7, 11) is 0. The van der Waals surface area contributed by atoms with E-state index in [1.54, 1.807) is 11.1 Å². The van der Waals surface area contributed by atoms with Crippen molar-refractivity contribution in [3.8, 4) is 22.3 Å². The molecular weight excluding hydrogens is 783 g/mol. The van der Waals surface area contributed by atoms with Gasteiger partial charge in [0, 0.05) is 0 Å². The molecule has 0 amide bonds. The molecule has 6 rings (SSSR count). The first-order valence-electron chi connectivity index (χ1n) is 20.1. The van der Waals surface area contributed by atoms with E-state index in [1.165, 1.54) is 91.4 Å². The number of unbranched alkanes of at least 4 members (excludes halogenated alkanes) is 4. The van der Waals surface area contributed by atoms with Gasteiger partial charge in [-0.3, -0.25) is 0 Å². The number of hydrogen-bond donors (Lipinski definition) is 0. The summed E-state index contributed by atoms with van der Waals surface area (Å²) in [5.41, 5.74) is 14.4. The third-order valence-corrected chi connectivity index (χ3v) is 71.0. The summed E-state index contributed by atoms with van der Waals surface area (Å²) >= 11 is -5.15. The Hall–Kier alpha value is -2.55. The molecule has 0 aliphatic heterocycles. The fraction of sp³-hybridized carbons (Fsp3) is 0.417. The Morgan fingerprint density at radius 2 is 0.920 bits per heavy atom. The number of rotatable bonds is 14. The van der Waals surface area contributed by atoms with Gasteiger partial charge in [-0.05, 0) is 0 Å². The van der Waals surface area contributed by atoms with Gasteiger partial charge in [0.15, 0.2) is 0 Å². The van der Waals surface area contributed by atoms with E-state index >= 15 is 0 Å². The third kappa shape index (κ3) is 6.09. The van der Waals surface area contributed by atoms with Crippen molar-refractivity contribution in [1.82, 2.24) is 0 Å². The van der Waals surface area contributed by atoms with Gasteiger partial charge < -0.3 is 0 Å². The molecule has 2 heteroatoms. The van der Waals surface area contributed by atoms with Crippen molar-refractivity contribution < 1.29 is 14.2 Å². The summed E-state index contributed by atoms with van der Waals surface area (Å²) in [6.45, 7) is 16.5. The molecule has 2 unspecified atom stereocenters. The van der Waals surface area contributed by atoms with Crippen LogP contribution >= 0.6 is 0 Å². The van der Waals surface area contributed by atoms with Gasteiger partial charge in [0.1, 0.15) is 0 Å². The molecule has 0 N–H and O–H groups in total. The molecule has 0 saturated carbocycles. The van der Waals surface area contributed by atoms with Gasteiger partial charge >= 0.3 is 303 Å². The normalized spacial score (nSPS) is 18.9. The molecule has 0 bridgehead atoms. The second-order valence-electron chi connectivity index (χ2n) is 19.7. The molecule has 4 aromatic carbocycles. The number of fused-ring (bicyclic) bond motifs is 2. The Morgan fingerprint density at radius 3 is 1.26 bits per heavy atom. The Bertz CT molecular complexity index is 1910. The summed E-state index contributed by atoms with van der Waals surface area (Å²) in [6, 6.07) is 33.3. The van der Waals surface area contributed by atoms with E-state index in [4.69, 9.17) is 0 Å². The maximum atomic E-state index is 2.97. The quantitative estimate of drug-likeness (QED) is 0.0876. The molecule has 0 saturated heterocycles. The van der Waals surface area contributed by atoms with Gasteiger partial charge in [-0.2, -0.15) is 0 Å². The minimum absolute atomic E-state index is 0.450. The topological polar surface area (TPSA) is 0 Å². The van der Waals surface area contributed by atoms with Crippen molar-refractivity contribution >= 4 is 19.1 Å². The standard InChI is InChI=1S/2C18H17.2C5H11.2CH3.Hf.H2Si/c2*1-13(2)14-9-11-16(12-10-14)18-8-4-6-15-5-3-7-17(15)18;2*1-3-5-4-2;;;;/h2*3-13H,1-2H3;2*1,3-5H2,2H3;2*1H3;;1H2. The maximum absolute atomic E-state index is 5.15. The molecule has 0 fully saturated rings. The molecule has 4 aromatic rings. The van der Waals surface area contributed by atoms with Crippen LogP contribution in [0.3, 0.4) is 0 Å². The molecule has 2 atom stereocenters. The number of allylic oxidation sites excluding steroid dienone is 2. The minimum atomic E-state index is -5.15. The van der Waals surface area contributed by atoms with Crippen molar-refractivity contribution in [2.24, 2.45) is 0 Å². The molecule has 50 heavy (non-hydrogen) atoms.